The van der Waals surface area contributed by atoms with Gasteiger partial charge in [-0.25, -0.2) is 0 Å². The van der Waals surface area contributed by atoms with Gasteiger partial charge in [0.2, 0.25) is 0 Å². The van der Waals surface area contributed by atoms with Crippen molar-refractivity contribution in [1.82, 2.24) is 0 Å². The van der Waals surface area contributed by atoms with Gasteiger partial charge >= 0.3 is 0 Å². The maximum Gasteiger partial charge on any atom is 0 e. The SMILES string of the molecule is [In].[In].[In].[Lu]. The first kappa shape index (κ1) is 24.9. The van der Waals surface area contributed by atoms with Crippen LogP contribution in [0.15, 0.2) is 0 Å². The van der Waals surface area contributed by atoms with E-state index in [0.717, 1.165) is 0 Å². The fraction of sp³-hybridized carbons (Fsp3) is 0. The van der Waals surface area contributed by atoms with Crippen LogP contribution in [0.25, 0.3) is 0 Å². The molecule has 0 saturated carbocycles. The van der Waals surface area contributed by atoms with E-state index >= 15 is 0 Å². The van der Waals surface area contributed by atoms with Crippen molar-refractivity contribution in [3.8, 4) is 0 Å². The van der Waals surface area contributed by atoms with Crippen molar-refractivity contribution in [3.63, 3.8) is 0 Å². The molecule has 0 bridgehead atoms. The first-order chi connectivity index (χ1) is 0. The van der Waals surface area contributed by atoms with E-state index in [1.165, 1.54) is 0 Å². The molecule has 0 nitrogen and oxygen atoms in total. The zero-order chi connectivity index (χ0) is 0. The van der Waals surface area contributed by atoms with Gasteiger partial charge in [-0.1, -0.05) is 0 Å². The van der Waals surface area contributed by atoms with Gasteiger partial charge in [0.25, 0.3) is 0 Å². The van der Waals surface area contributed by atoms with Gasteiger partial charge in [0.15, 0.2) is 0 Å². The van der Waals surface area contributed by atoms with Crippen LogP contribution in [-0.4, -0.2) is 77.5 Å². The average molecular weight is 519 g/mol. The van der Waals surface area contributed by atoms with Crippen molar-refractivity contribution in [3.05, 3.63) is 0 Å². The van der Waals surface area contributed by atoms with Gasteiger partial charge in [0.1, 0.15) is 0 Å². The quantitative estimate of drug-likeness (QED) is 0.380. The number of rotatable bonds is 0. The van der Waals surface area contributed by atoms with Gasteiger partial charge in [0, 0.05) is 114 Å². The molecule has 0 saturated heterocycles. The summed E-state index contributed by atoms with van der Waals surface area (Å²) in [5, 5.41) is 0. The first-order valence-electron chi connectivity index (χ1n) is 0. The van der Waals surface area contributed by atoms with Crippen LogP contribution in [0.1, 0.15) is 0 Å². The predicted octanol–water partition coefficient (Wildman–Crippen LogP) is -1.14. The van der Waals surface area contributed by atoms with Crippen LogP contribution >= 0.6 is 0 Å². The Balaban J connectivity index is 0. The summed E-state index contributed by atoms with van der Waals surface area (Å²) in [4.78, 5) is 0. The topological polar surface area (TPSA) is 0 Å². The molecule has 0 amide bonds. The summed E-state index contributed by atoms with van der Waals surface area (Å²) >= 11 is 0. The van der Waals surface area contributed by atoms with Gasteiger partial charge in [-0.3, -0.25) is 0 Å². The summed E-state index contributed by atoms with van der Waals surface area (Å²) in [6.45, 7) is 0. The predicted molar refractivity (Wildman–Crippen MR) is 17.3 cm³/mol. The molecule has 24 valence electrons. The van der Waals surface area contributed by atoms with Gasteiger partial charge in [-0.05, 0) is 0 Å². The molecule has 0 atom stereocenters. The molecule has 0 aromatic heterocycles. The Morgan fingerprint density at radius 2 is 0.500 bits per heavy atom. The minimum Gasteiger partial charge on any atom is 0 e. The van der Waals surface area contributed by atoms with Crippen LogP contribution in [0, 0.1) is 36.9 Å². The minimum absolute atomic E-state index is 0. The van der Waals surface area contributed by atoms with Crippen molar-refractivity contribution in [2.24, 2.45) is 0 Å². The summed E-state index contributed by atoms with van der Waals surface area (Å²) in [5.74, 6) is 0. The van der Waals surface area contributed by atoms with Crippen LogP contribution in [0.2, 0.25) is 0 Å². The molecule has 0 aliphatic heterocycles. The molecule has 0 aromatic carbocycles. The molecule has 0 N–H and O–H groups in total. The summed E-state index contributed by atoms with van der Waals surface area (Å²) in [7, 11) is 0. The largest absolute Gasteiger partial charge is 0 e. The molecule has 0 aliphatic rings. The molecule has 10 radical (unpaired) electrons. The summed E-state index contributed by atoms with van der Waals surface area (Å²) in [6, 6.07) is 0. The normalized spacial score (nSPS) is 0. The standard InChI is InChI=1S/3In.Lu. The number of hydrogen-bond acceptors (Lipinski definition) is 0. The zero-order valence-electron chi connectivity index (χ0n) is 1.99. The van der Waals surface area contributed by atoms with Gasteiger partial charge in [-0.15, -0.1) is 0 Å². The Hall–Kier alpha value is 3.84. The average Bonchev–Trinajstić information content (AvgIpc) is 0. The van der Waals surface area contributed by atoms with Crippen molar-refractivity contribution < 1.29 is 36.9 Å². The smallest absolute Gasteiger partial charge is 0 e. The zero-order valence-corrected chi connectivity index (χ0v) is 13.5. The number of hydrogen-bond donors (Lipinski definition) is 0. The maximum absolute atomic E-state index is 0. The Kier molecular flexibility index (Phi) is 98.3. The van der Waals surface area contributed by atoms with Crippen LogP contribution in [0.3, 0.4) is 0 Å². The molecule has 0 unspecified atom stereocenters. The second-order valence-electron chi connectivity index (χ2n) is 0. The second-order valence-corrected chi connectivity index (χ2v) is 0. The van der Waals surface area contributed by atoms with Gasteiger partial charge in [-0.2, -0.15) is 0 Å². The fourth-order valence-corrected chi connectivity index (χ4v) is 0. The monoisotopic (exact) mass is 520 g/mol. The van der Waals surface area contributed by atoms with E-state index < -0.39 is 0 Å². The molecule has 0 fully saturated rings. The van der Waals surface area contributed by atoms with E-state index in [9.17, 15) is 0 Å². The molecule has 0 aliphatic carbocycles. The Morgan fingerprint density at radius 1 is 0.500 bits per heavy atom. The van der Waals surface area contributed by atoms with E-state index in [0.29, 0.717) is 0 Å². The van der Waals surface area contributed by atoms with Crippen LogP contribution in [-0.2, 0) is 0 Å². The third kappa shape index (κ3) is 9.28. The van der Waals surface area contributed by atoms with E-state index in [1.54, 1.807) is 0 Å². The van der Waals surface area contributed by atoms with Crippen LogP contribution in [0.4, 0.5) is 0 Å². The summed E-state index contributed by atoms with van der Waals surface area (Å²) in [5.41, 5.74) is 0. The third-order valence-corrected chi connectivity index (χ3v) is 0. The Bertz CT molecular complexity index is 3.25. The molecule has 4 heavy (non-hydrogen) atoms. The Labute approximate surface area is 111 Å². The van der Waals surface area contributed by atoms with E-state index in [-0.39, 0.29) is 114 Å². The fourth-order valence-electron chi connectivity index (χ4n) is 0. The van der Waals surface area contributed by atoms with Crippen molar-refractivity contribution in [2.75, 3.05) is 0 Å². The van der Waals surface area contributed by atoms with E-state index in [1.807, 2.05) is 0 Å². The molecule has 0 spiro atoms. The molecule has 0 aromatic rings. The molecule has 0 heterocycles. The van der Waals surface area contributed by atoms with Crippen molar-refractivity contribution in [1.29, 1.82) is 0 Å². The molecule has 0 rings (SSSR count). The summed E-state index contributed by atoms with van der Waals surface area (Å²) < 4.78 is 0. The third-order valence-electron chi connectivity index (χ3n) is 0. The Morgan fingerprint density at radius 3 is 0.500 bits per heavy atom. The van der Waals surface area contributed by atoms with E-state index in [4.69, 9.17) is 0 Å². The molecule has 4 heteroatoms. The molecular weight excluding hydrogens is 519 g/mol. The maximum atomic E-state index is 0. The van der Waals surface area contributed by atoms with Crippen LogP contribution in [0.5, 0.6) is 0 Å². The molecular formula is In3Lu. The summed E-state index contributed by atoms with van der Waals surface area (Å²) in [6.07, 6.45) is 0. The second kappa shape index (κ2) is 15.8. The van der Waals surface area contributed by atoms with E-state index in [2.05, 4.69) is 0 Å². The van der Waals surface area contributed by atoms with Crippen molar-refractivity contribution >= 4 is 77.5 Å². The van der Waals surface area contributed by atoms with Crippen LogP contribution < -0.4 is 0 Å². The van der Waals surface area contributed by atoms with Crippen molar-refractivity contribution in [2.45, 2.75) is 0 Å². The van der Waals surface area contributed by atoms with Gasteiger partial charge < -0.3 is 0 Å². The minimum atomic E-state index is 0. The van der Waals surface area contributed by atoms with Gasteiger partial charge in [0.05, 0.1) is 0 Å². The first-order valence-corrected chi connectivity index (χ1v) is 0.